The first-order valence-electron chi connectivity index (χ1n) is 12.1. The van der Waals surface area contributed by atoms with Gasteiger partial charge in [-0.1, -0.05) is 24.3 Å². The molecule has 4 aromatic rings. The van der Waals surface area contributed by atoms with E-state index in [-0.39, 0.29) is 11.3 Å². The average molecular weight is 498 g/mol. The normalized spacial score (nSPS) is 16.9. The molecule has 8 heteroatoms. The average Bonchev–Trinajstić information content (AvgIpc) is 3.67. The van der Waals surface area contributed by atoms with Gasteiger partial charge in [0.15, 0.2) is 0 Å². The van der Waals surface area contributed by atoms with E-state index in [2.05, 4.69) is 4.98 Å². The number of hydrogen-bond acceptors (Lipinski definition) is 6. The highest BCUT2D eigenvalue weighted by atomic mass is 16.5. The van der Waals surface area contributed by atoms with Crippen molar-refractivity contribution >= 4 is 17.4 Å². The van der Waals surface area contributed by atoms with Gasteiger partial charge in [-0.3, -0.25) is 9.59 Å². The monoisotopic (exact) mass is 497 g/mol. The largest absolute Gasteiger partial charge is 0.507 e. The molecule has 1 aliphatic rings. The molecule has 1 saturated heterocycles. The number of benzene rings is 2. The molecule has 188 valence electrons. The summed E-state index contributed by atoms with van der Waals surface area (Å²) in [6, 6.07) is 17.4. The maximum atomic E-state index is 13.1. The Morgan fingerprint density at radius 2 is 1.86 bits per heavy atom. The smallest absolute Gasteiger partial charge is 0.295 e. The Hall–Kier alpha value is -4.59. The maximum absolute atomic E-state index is 13.1. The number of rotatable bonds is 9. The Kier molecular flexibility index (Phi) is 6.89. The fourth-order valence-electron chi connectivity index (χ4n) is 4.49. The number of aryl methyl sites for hydroxylation is 2. The van der Waals surface area contributed by atoms with Crippen molar-refractivity contribution in [2.24, 2.45) is 0 Å². The number of furan rings is 1. The lowest BCUT2D eigenvalue weighted by Gasteiger charge is -2.23. The van der Waals surface area contributed by atoms with Crippen molar-refractivity contribution in [3.05, 3.63) is 114 Å². The molecular formula is C29H27N3O5. The van der Waals surface area contributed by atoms with Gasteiger partial charge in [-0.15, -0.1) is 0 Å². The zero-order valence-corrected chi connectivity index (χ0v) is 20.4. The summed E-state index contributed by atoms with van der Waals surface area (Å²) >= 11 is 0. The quantitative estimate of drug-likeness (QED) is 0.201. The molecule has 37 heavy (non-hydrogen) atoms. The van der Waals surface area contributed by atoms with Crippen LogP contribution in [0.5, 0.6) is 5.75 Å². The number of nitrogens with zero attached hydrogens (tertiary/aromatic N) is 3. The number of likely N-dealkylation sites (tertiary alicyclic amines) is 1. The molecule has 3 heterocycles. The maximum Gasteiger partial charge on any atom is 0.295 e. The second kappa shape index (κ2) is 10.6. The standard InChI is InChI=1S/C29H27N3O5/c1-20-6-2-3-7-22(20)18-37-23-11-9-21(10-12-23)27(33)25-26(24-8-4-17-36-24)32(29(35)28(25)34)15-5-14-31-16-13-30-19-31/h2-4,6-13,16-17,19,26,33H,5,14-15,18H2,1H3/b27-25+/t26-/m1/s1. The fourth-order valence-corrected chi connectivity index (χ4v) is 4.49. The second-order valence-electron chi connectivity index (χ2n) is 8.90. The van der Waals surface area contributed by atoms with E-state index in [1.807, 2.05) is 42.0 Å². The van der Waals surface area contributed by atoms with Gasteiger partial charge in [-0.25, -0.2) is 4.98 Å². The van der Waals surface area contributed by atoms with Gasteiger partial charge in [-0.2, -0.15) is 0 Å². The van der Waals surface area contributed by atoms with E-state index >= 15 is 0 Å². The van der Waals surface area contributed by atoms with Crippen LogP contribution in [0.3, 0.4) is 0 Å². The number of carbonyl (C=O) groups excluding carboxylic acids is 2. The lowest BCUT2D eigenvalue weighted by atomic mass is 9.99. The Labute approximate surface area is 214 Å². The highest BCUT2D eigenvalue weighted by Crippen LogP contribution is 2.39. The van der Waals surface area contributed by atoms with Crippen LogP contribution in [-0.4, -0.2) is 37.8 Å². The van der Waals surface area contributed by atoms with Crippen LogP contribution in [0.25, 0.3) is 5.76 Å². The topological polar surface area (TPSA) is 97.8 Å². The van der Waals surface area contributed by atoms with Crippen LogP contribution in [0.4, 0.5) is 0 Å². The molecule has 1 N–H and O–H groups in total. The van der Waals surface area contributed by atoms with Gasteiger partial charge in [-0.05, 0) is 60.9 Å². The third kappa shape index (κ3) is 5.04. The summed E-state index contributed by atoms with van der Waals surface area (Å²) < 4.78 is 13.4. The molecule has 0 unspecified atom stereocenters. The summed E-state index contributed by atoms with van der Waals surface area (Å²) in [6.45, 7) is 3.40. The Balaban J connectivity index is 1.37. The molecule has 0 spiro atoms. The number of amides is 1. The predicted octanol–water partition coefficient (Wildman–Crippen LogP) is 4.88. The van der Waals surface area contributed by atoms with Crippen LogP contribution in [-0.2, 0) is 22.7 Å². The van der Waals surface area contributed by atoms with Crippen molar-refractivity contribution in [1.82, 2.24) is 14.5 Å². The second-order valence-corrected chi connectivity index (χ2v) is 8.90. The van der Waals surface area contributed by atoms with Gasteiger partial charge in [0.2, 0.25) is 0 Å². The molecule has 1 aliphatic heterocycles. The van der Waals surface area contributed by atoms with E-state index in [1.54, 1.807) is 48.9 Å². The molecule has 2 aromatic carbocycles. The van der Waals surface area contributed by atoms with Gasteiger partial charge < -0.3 is 23.7 Å². The van der Waals surface area contributed by atoms with Crippen LogP contribution >= 0.6 is 0 Å². The third-order valence-corrected chi connectivity index (χ3v) is 6.51. The summed E-state index contributed by atoms with van der Waals surface area (Å²) in [7, 11) is 0. The molecule has 1 amide bonds. The van der Waals surface area contributed by atoms with Crippen molar-refractivity contribution in [3.63, 3.8) is 0 Å². The zero-order valence-electron chi connectivity index (χ0n) is 20.4. The molecule has 0 radical (unpaired) electrons. The van der Waals surface area contributed by atoms with Crippen molar-refractivity contribution in [3.8, 4) is 5.75 Å². The molecule has 8 nitrogen and oxygen atoms in total. The molecule has 5 rings (SSSR count). The fraction of sp³-hybridized carbons (Fsp3) is 0.207. The molecule has 1 atom stereocenters. The lowest BCUT2D eigenvalue weighted by molar-refractivity contribution is -0.140. The number of imidazole rings is 1. The van der Waals surface area contributed by atoms with Crippen molar-refractivity contribution in [2.45, 2.75) is 32.5 Å². The first-order valence-corrected chi connectivity index (χ1v) is 12.1. The van der Waals surface area contributed by atoms with Crippen molar-refractivity contribution in [1.29, 1.82) is 0 Å². The van der Waals surface area contributed by atoms with E-state index in [9.17, 15) is 14.7 Å². The van der Waals surface area contributed by atoms with Crippen LogP contribution in [0, 0.1) is 6.92 Å². The SMILES string of the molecule is Cc1ccccc1COc1ccc(/C(O)=C2\C(=O)C(=O)N(CCCn3ccnc3)[C@@H]2c2ccco2)cc1. The molecule has 0 bridgehead atoms. The Bertz CT molecular complexity index is 1410. The highest BCUT2D eigenvalue weighted by molar-refractivity contribution is 6.46. The van der Waals surface area contributed by atoms with Crippen LogP contribution < -0.4 is 4.74 Å². The minimum absolute atomic E-state index is 0.0103. The predicted molar refractivity (Wildman–Crippen MR) is 137 cm³/mol. The van der Waals surface area contributed by atoms with E-state index in [0.29, 0.717) is 43.2 Å². The van der Waals surface area contributed by atoms with E-state index < -0.39 is 17.7 Å². The first kappa shape index (κ1) is 24.1. The first-order chi connectivity index (χ1) is 18.0. The van der Waals surface area contributed by atoms with E-state index in [0.717, 1.165) is 11.1 Å². The van der Waals surface area contributed by atoms with Crippen molar-refractivity contribution in [2.75, 3.05) is 6.54 Å². The summed E-state index contributed by atoms with van der Waals surface area (Å²) in [4.78, 5) is 31.6. The summed E-state index contributed by atoms with van der Waals surface area (Å²) in [5.74, 6) is -0.598. The van der Waals surface area contributed by atoms with E-state index in [1.165, 1.54) is 11.2 Å². The highest BCUT2D eigenvalue weighted by Gasteiger charge is 2.47. The number of aromatic nitrogens is 2. The number of carbonyl (C=O) groups is 2. The van der Waals surface area contributed by atoms with Gasteiger partial charge in [0.1, 0.15) is 29.9 Å². The molecule has 2 aromatic heterocycles. The number of aliphatic hydroxyl groups is 1. The van der Waals surface area contributed by atoms with Crippen LogP contribution in [0.1, 0.15) is 34.9 Å². The minimum Gasteiger partial charge on any atom is -0.507 e. The minimum atomic E-state index is -0.810. The van der Waals surface area contributed by atoms with Gasteiger partial charge in [0, 0.05) is 31.0 Å². The van der Waals surface area contributed by atoms with Gasteiger partial charge >= 0.3 is 0 Å². The zero-order chi connectivity index (χ0) is 25.8. The van der Waals surface area contributed by atoms with E-state index in [4.69, 9.17) is 9.15 Å². The molecular weight excluding hydrogens is 470 g/mol. The number of aliphatic hydroxyl groups excluding tert-OH is 1. The summed E-state index contributed by atoms with van der Waals surface area (Å²) in [6.07, 6.45) is 7.32. The van der Waals surface area contributed by atoms with Crippen LogP contribution in [0.15, 0.2) is 95.6 Å². The number of ether oxygens (including phenoxy) is 1. The third-order valence-electron chi connectivity index (χ3n) is 6.51. The van der Waals surface area contributed by atoms with Crippen molar-refractivity contribution < 1.29 is 23.8 Å². The number of ketones is 1. The lowest BCUT2D eigenvalue weighted by Crippen LogP contribution is -2.31. The van der Waals surface area contributed by atoms with Gasteiger partial charge in [0.25, 0.3) is 11.7 Å². The molecule has 1 fully saturated rings. The number of hydrogen-bond donors (Lipinski definition) is 1. The number of Topliss-reactive ketones (excluding diaryl/α,β-unsaturated/α-hetero) is 1. The summed E-state index contributed by atoms with van der Waals surface area (Å²) in [5, 5.41) is 11.2. The molecule has 0 saturated carbocycles. The summed E-state index contributed by atoms with van der Waals surface area (Å²) in [5.41, 5.74) is 2.65. The van der Waals surface area contributed by atoms with Gasteiger partial charge in [0.05, 0.1) is 18.2 Å². The van der Waals surface area contributed by atoms with Crippen LogP contribution in [0.2, 0.25) is 0 Å². The molecule has 0 aliphatic carbocycles. The Morgan fingerprint density at radius 3 is 2.57 bits per heavy atom. The Morgan fingerprint density at radius 1 is 1.05 bits per heavy atom.